The summed E-state index contributed by atoms with van der Waals surface area (Å²) in [6.07, 6.45) is 3.82. The minimum Gasteiger partial charge on any atom is -0.497 e. The van der Waals surface area contributed by atoms with Crippen LogP contribution in [0, 0.1) is 5.92 Å². The molecule has 1 fully saturated rings. The number of fused-ring (bicyclic) bond motifs is 1. The lowest BCUT2D eigenvalue weighted by atomic mass is 9.93. The van der Waals surface area contributed by atoms with E-state index in [1.807, 2.05) is 18.2 Å². The summed E-state index contributed by atoms with van der Waals surface area (Å²) in [7, 11) is 1.66. The van der Waals surface area contributed by atoms with Crippen molar-refractivity contribution in [2.75, 3.05) is 33.4 Å². The van der Waals surface area contributed by atoms with Crippen molar-refractivity contribution in [3.8, 4) is 11.5 Å². The quantitative estimate of drug-likeness (QED) is 0.898. The van der Waals surface area contributed by atoms with Crippen molar-refractivity contribution in [1.82, 2.24) is 10.2 Å². The van der Waals surface area contributed by atoms with E-state index in [9.17, 15) is 4.79 Å². The van der Waals surface area contributed by atoms with Crippen molar-refractivity contribution in [3.05, 3.63) is 23.8 Å². The first kappa shape index (κ1) is 17.1. The van der Waals surface area contributed by atoms with Gasteiger partial charge in [-0.2, -0.15) is 0 Å². The lowest BCUT2D eigenvalue weighted by Gasteiger charge is -2.37. The van der Waals surface area contributed by atoms with E-state index in [1.165, 1.54) is 0 Å². The first-order valence-corrected chi connectivity index (χ1v) is 9.03. The largest absolute Gasteiger partial charge is 0.497 e. The van der Waals surface area contributed by atoms with Crippen LogP contribution in [0.2, 0.25) is 0 Å². The third-order valence-corrected chi connectivity index (χ3v) is 5.02. The van der Waals surface area contributed by atoms with Crippen molar-refractivity contribution >= 4 is 5.91 Å². The third-order valence-electron chi connectivity index (χ3n) is 5.02. The molecular weight excluding hydrogens is 304 g/mol. The minimum atomic E-state index is -0.0916. The Morgan fingerprint density at radius 3 is 2.88 bits per heavy atom. The highest BCUT2D eigenvalue weighted by Gasteiger charge is 2.33. The Hall–Kier alpha value is -1.75. The van der Waals surface area contributed by atoms with E-state index in [2.05, 4.69) is 17.1 Å². The van der Waals surface area contributed by atoms with Crippen LogP contribution in [0.15, 0.2) is 18.2 Å². The third kappa shape index (κ3) is 3.66. The monoisotopic (exact) mass is 332 g/mol. The van der Waals surface area contributed by atoms with Crippen molar-refractivity contribution in [2.24, 2.45) is 5.92 Å². The van der Waals surface area contributed by atoms with Crippen molar-refractivity contribution in [3.63, 3.8) is 0 Å². The van der Waals surface area contributed by atoms with Gasteiger partial charge in [0.25, 0.3) is 0 Å². The average molecular weight is 332 g/mol. The number of methoxy groups -OCH3 is 1. The minimum absolute atomic E-state index is 0.0916. The van der Waals surface area contributed by atoms with Gasteiger partial charge >= 0.3 is 0 Å². The highest BCUT2D eigenvalue weighted by Crippen LogP contribution is 2.32. The molecule has 1 aromatic rings. The fourth-order valence-electron chi connectivity index (χ4n) is 3.72. The van der Waals surface area contributed by atoms with E-state index >= 15 is 0 Å². The molecule has 1 atom stereocenters. The van der Waals surface area contributed by atoms with Gasteiger partial charge in [0.2, 0.25) is 5.91 Å². The van der Waals surface area contributed by atoms with E-state index in [0.717, 1.165) is 62.4 Å². The van der Waals surface area contributed by atoms with Gasteiger partial charge in [0.05, 0.1) is 13.0 Å². The second-order valence-electron chi connectivity index (χ2n) is 6.70. The summed E-state index contributed by atoms with van der Waals surface area (Å²) in [6.45, 7) is 5.45. The van der Waals surface area contributed by atoms with Crippen molar-refractivity contribution in [1.29, 1.82) is 0 Å². The van der Waals surface area contributed by atoms with Gasteiger partial charge in [0.15, 0.2) is 0 Å². The van der Waals surface area contributed by atoms with Crippen LogP contribution in [0.3, 0.4) is 0 Å². The van der Waals surface area contributed by atoms with Gasteiger partial charge in [-0.25, -0.2) is 0 Å². The van der Waals surface area contributed by atoms with Crippen LogP contribution in [0.5, 0.6) is 11.5 Å². The van der Waals surface area contributed by atoms with Crippen LogP contribution in [-0.2, 0) is 11.2 Å². The summed E-state index contributed by atoms with van der Waals surface area (Å²) in [5.74, 6) is 1.85. The molecule has 5 nitrogen and oxygen atoms in total. The molecule has 1 N–H and O–H groups in total. The number of hydrogen-bond donors (Lipinski definition) is 1. The van der Waals surface area contributed by atoms with Crippen molar-refractivity contribution in [2.45, 2.75) is 38.6 Å². The number of rotatable bonds is 5. The van der Waals surface area contributed by atoms with Crippen LogP contribution in [-0.4, -0.2) is 50.2 Å². The van der Waals surface area contributed by atoms with Gasteiger partial charge < -0.3 is 19.7 Å². The molecule has 2 aliphatic rings. The maximum absolute atomic E-state index is 13.1. The van der Waals surface area contributed by atoms with Crippen LogP contribution in [0.4, 0.5) is 0 Å². The molecule has 0 aromatic heterocycles. The summed E-state index contributed by atoms with van der Waals surface area (Å²) in [4.78, 5) is 15.3. The second-order valence-corrected chi connectivity index (χ2v) is 6.70. The Morgan fingerprint density at radius 2 is 2.17 bits per heavy atom. The van der Waals surface area contributed by atoms with E-state index in [-0.39, 0.29) is 11.8 Å². The Kier molecular flexibility index (Phi) is 5.61. The van der Waals surface area contributed by atoms with Crippen LogP contribution in [0.25, 0.3) is 0 Å². The zero-order chi connectivity index (χ0) is 16.9. The maximum Gasteiger partial charge on any atom is 0.229 e. The predicted octanol–water partition coefficient (Wildman–Crippen LogP) is 2.24. The van der Waals surface area contributed by atoms with E-state index in [4.69, 9.17) is 9.47 Å². The molecule has 3 rings (SSSR count). The van der Waals surface area contributed by atoms with E-state index < -0.39 is 0 Å². The topological polar surface area (TPSA) is 50.8 Å². The molecule has 1 saturated heterocycles. The summed E-state index contributed by atoms with van der Waals surface area (Å²) < 4.78 is 11.2. The Balaban J connectivity index is 1.73. The van der Waals surface area contributed by atoms with Crippen LogP contribution >= 0.6 is 0 Å². The molecule has 0 spiro atoms. The summed E-state index contributed by atoms with van der Waals surface area (Å²) in [5, 5.41) is 3.38. The number of benzene rings is 1. The van der Waals surface area contributed by atoms with E-state index in [1.54, 1.807) is 7.11 Å². The Morgan fingerprint density at radius 1 is 1.38 bits per heavy atom. The number of amides is 1. The SMILES string of the molecule is CCCN(C(=O)C1COc2ccc(OC)cc2C1)C1CCNCC1. The molecule has 0 saturated carbocycles. The van der Waals surface area contributed by atoms with Crippen molar-refractivity contribution < 1.29 is 14.3 Å². The molecular formula is C19H28N2O3. The summed E-state index contributed by atoms with van der Waals surface area (Å²) in [6, 6.07) is 6.19. The highest BCUT2D eigenvalue weighted by molar-refractivity contribution is 5.80. The average Bonchev–Trinajstić information content (AvgIpc) is 2.65. The molecule has 0 bridgehead atoms. The van der Waals surface area contributed by atoms with Gasteiger partial charge in [-0.15, -0.1) is 0 Å². The molecule has 1 aromatic carbocycles. The first-order chi connectivity index (χ1) is 11.7. The van der Waals surface area contributed by atoms with Gasteiger partial charge in [0, 0.05) is 12.6 Å². The number of nitrogens with zero attached hydrogens (tertiary/aromatic N) is 1. The van der Waals surface area contributed by atoms with Gasteiger partial charge in [-0.05, 0) is 62.5 Å². The highest BCUT2D eigenvalue weighted by atomic mass is 16.5. The lowest BCUT2D eigenvalue weighted by molar-refractivity contribution is -0.140. The van der Waals surface area contributed by atoms with Crippen LogP contribution in [0.1, 0.15) is 31.7 Å². The molecule has 5 heteroatoms. The number of piperidine rings is 1. The molecule has 0 radical (unpaired) electrons. The molecule has 2 aliphatic heterocycles. The number of hydrogen-bond acceptors (Lipinski definition) is 4. The lowest BCUT2D eigenvalue weighted by Crippen LogP contribution is -2.50. The van der Waals surface area contributed by atoms with Gasteiger partial charge in [0.1, 0.15) is 18.1 Å². The molecule has 0 aliphatic carbocycles. The Labute approximate surface area is 144 Å². The fraction of sp³-hybridized carbons (Fsp3) is 0.632. The normalized spacial score (nSPS) is 20.8. The number of carbonyl (C=O) groups is 1. The Bertz CT molecular complexity index is 570. The summed E-state index contributed by atoms with van der Waals surface area (Å²) >= 11 is 0. The number of carbonyl (C=O) groups excluding carboxylic acids is 1. The number of ether oxygens (including phenoxy) is 2. The summed E-state index contributed by atoms with van der Waals surface area (Å²) in [5.41, 5.74) is 1.07. The van der Waals surface area contributed by atoms with Gasteiger partial charge in [-0.3, -0.25) is 4.79 Å². The predicted molar refractivity (Wildman–Crippen MR) is 93.6 cm³/mol. The molecule has 1 unspecified atom stereocenters. The standard InChI is InChI=1S/C19H28N2O3/c1-3-10-21(16-6-8-20-9-7-16)19(22)15-11-14-12-17(23-2)4-5-18(14)24-13-15/h4-5,12,15-16,20H,3,6-11,13H2,1-2H3. The molecule has 1 amide bonds. The zero-order valence-corrected chi connectivity index (χ0v) is 14.7. The molecule has 132 valence electrons. The first-order valence-electron chi connectivity index (χ1n) is 9.03. The smallest absolute Gasteiger partial charge is 0.229 e. The van der Waals surface area contributed by atoms with E-state index in [0.29, 0.717) is 12.6 Å². The zero-order valence-electron chi connectivity index (χ0n) is 14.7. The second kappa shape index (κ2) is 7.88. The fourth-order valence-corrected chi connectivity index (χ4v) is 3.72. The van der Waals surface area contributed by atoms with Gasteiger partial charge in [-0.1, -0.05) is 6.92 Å². The molecule has 2 heterocycles. The maximum atomic E-state index is 13.1. The molecule has 24 heavy (non-hydrogen) atoms. The number of nitrogens with one attached hydrogen (secondary N) is 1. The van der Waals surface area contributed by atoms with Crippen LogP contribution < -0.4 is 14.8 Å².